The molecule has 3 aliphatic rings. The fourth-order valence-corrected chi connectivity index (χ4v) is 12.0. The lowest BCUT2D eigenvalue weighted by Crippen LogP contribution is -2.33. The molecule has 4 unspecified atom stereocenters. The maximum Gasteiger partial charge on any atom is 0.330 e. The van der Waals surface area contributed by atoms with Crippen LogP contribution in [-0.4, -0.2) is 143 Å². The van der Waals surface area contributed by atoms with Crippen molar-refractivity contribution in [2.24, 2.45) is 39.6 Å². The van der Waals surface area contributed by atoms with Crippen molar-refractivity contribution in [1.29, 1.82) is 0 Å². The summed E-state index contributed by atoms with van der Waals surface area (Å²) in [5.74, 6) is -1.91. The van der Waals surface area contributed by atoms with Crippen LogP contribution < -0.4 is 23.7 Å². The van der Waals surface area contributed by atoms with E-state index in [1.165, 1.54) is 5.56 Å². The molecule has 2 saturated carbocycles. The number of aliphatic hydroxyl groups excluding tert-OH is 1. The van der Waals surface area contributed by atoms with Gasteiger partial charge in [0.05, 0.1) is 61.5 Å². The first-order chi connectivity index (χ1) is 47.6. The van der Waals surface area contributed by atoms with Crippen LogP contribution in [0.2, 0.25) is 0 Å². The number of unbranched alkanes of at least 4 members (excludes halogenated alkanes) is 2. The summed E-state index contributed by atoms with van der Waals surface area (Å²) in [6.45, 7) is 17.6. The number of hydrogen-bond acceptors (Lipinski definition) is 23. The van der Waals surface area contributed by atoms with Crippen molar-refractivity contribution in [2.45, 2.75) is 121 Å². The van der Waals surface area contributed by atoms with Crippen molar-refractivity contribution in [3.05, 3.63) is 158 Å². The number of esters is 7. The zero-order valence-electron chi connectivity index (χ0n) is 55.7. The second-order valence-corrected chi connectivity index (χ2v) is 24.7. The number of aliphatic hydroxyl groups is 1. The van der Waals surface area contributed by atoms with Gasteiger partial charge in [-0.25, -0.2) is 24.2 Å². The van der Waals surface area contributed by atoms with Crippen LogP contribution in [0.4, 0.5) is 5.69 Å². The highest BCUT2D eigenvalue weighted by Crippen LogP contribution is 2.37. The van der Waals surface area contributed by atoms with Crippen molar-refractivity contribution >= 4 is 70.5 Å². The second kappa shape index (κ2) is 42.0. The zero-order valence-corrected chi connectivity index (χ0v) is 56.5. The number of thioether (sulfide) groups is 1. The van der Waals surface area contributed by atoms with Crippen molar-refractivity contribution in [2.75, 3.05) is 66.0 Å². The molecule has 1 heterocycles. The van der Waals surface area contributed by atoms with E-state index in [2.05, 4.69) is 39.3 Å². The highest BCUT2D eigenvalue weighted by atomic mass is 32.2. The Morgan fingerprint density at radius 2 is 1.08 bits per heavy atom. The van der Waals surface area contributed by atoms with Gasteiger partial charge in [0.25, 0.3) is 0 Å². The maximum absolute atomic E-state index is 14.0. The number of carbonyl (C=O) groups excluding carboxylic acids is 7. The summed E-state index contributed by atoms with van der Waals surface area (Å²) < 4.78 is 67.5. The molecule has 0 spiro atoms. The van der Waals surface area contributed by atoms with E-state index in [1.54, 1.807) is 72.6 Å². The molecule has 0 saturated heterocycles. The van der Waals surface area contributed by atoms with Gasteiger partial charge in [0.2, 0.25) is 0 Å². The highest BCUT2D eigenvalue weighted by molar-refractivity contribution is 8.13. The predicted molar refractivity (Wildman–Crippen MR) is 367 cm³/mol. The molecule has 0 bridgehead atoms. The number of hydrogen-bond donors (Lipinski definition) is 1. The number of rotatable bonds is 42. The fourth-order valence-electron chi connectivity index (χ4n) is 10.8. The van der Waals surface area contributed by atoms with Gasteiger partial charge in [-0.1, -0.05) is 57.5 Å². The van der Waals surface area contributed by atoms with Crippen LogP contribution in [0.1, 0.15) is 107 Å². The van der Waals surface area contributed by atoms with E-state index in [-0.39, 0.29) is 75.9 Å². The average molecular weight is 1370 g/mol. The SMILES string of the molecule is C=CC(=O)OCCCCOCC(COc1ccc(OC(=O)C2CCC(C(=O)OCCc3ccc(OC(=O)C4CCC(C(O)Oc5ccc(OCC(COCCCCOC(=O)C=C)OC(=O)C=C)cc5)CC4)c(/C=N/CC(CC)C4=Nc5ccccc5CS4)c3)CC2)cc1)OC(=O)C=C. The van der Waals surface area contributed by atoms with Crippen molar-refractivity contribution in [3.63, 3.8) is 0 Å². The van der Waals surface area contributed by atoms with Gasteiger partial charge in [-0.15, -0.1) is 11.8 Å². The van der Waals surface area contributed by atoms with Crippen LogP contribution in [0.5, 0.6) is 28.7 Å². The standard InChI is InChI=1S/C75H90N2O20S/c1-6-52(71-77-65-18-12-11-17-57(65)50-98-71)44-76-45-58-43-51(37-42-90-72(82)53-20-22-54(23-21-53)73(83)95-61-32-28-59(29-33-61)91-48-63(93-69(80)9-4)46-86-38-13-15-40-88-67(78)7-2)19-36-66(58)97-75(85)56-26-24-55(25-27-56)74(84)96-62-34-30-60(31-35-62)92-49-64(94-70(81)10-5)47-87-39-14-16-41-89-68(79)8-3/h7-12,17-19,28-36,43,45,52-56,63-64,74,84H,2-6,13-16,20-27,37-42,44,46-50H2,1H3/b76-45+. The van der Waals surface area contributed by atoms with Crippen LogP contribution in [0.15, 0.2) is 152 Å². The number of ether oxygens (including phenoxy) is 12. The van der Waals surface area contributed by atoms with E-state index in [4.69, 9.17) is 66.8 Å². The van der Waals surface area contributed by atoms with E-state index < -0.39 is 60.2 Å². The molecule has 4 aromatic carbocycles. The molecule has 0 radical (unpaired) electrons. The number of carbonyl (C=O) groups is 7. The maximum atomic E-state index is 14.0. The first kappa shape index (κ1) is 76.5. The van der Waals surface area contributed by atoms with Gasteiger partial charge >= 0.3 is 41.8 Å². The van der Waals surface area contributed by atoms with E-state index >= 15 is 0 Å². The molecule has 526 valence electrons. The lowest BCUT2D eigenvalue weighted by molar-refractivity contribution is -0.152. The van der Waals surface area contributed by atoms with Gasteiger partial charge < -0.3 is 61.9 Å². The largest absolute Gasteiger partial charge is 0.490 e. The summed E-state index contributed by atoms with van der Waals surface area (Å²) in [4.78, 5) is 97.0. The van der Waals surface area contributed by atoms with Gasteiger partial charge in [0.1, 0.15) is 42.0 Å². The number of para-hydroxylation sites is 1. The van der Waals surface area contributed by atoms with Crippen LogP contribution >= 0.6 is 11.8 Å². The van der Waals surface area contributed by atoms with Crippen LogP contribution in [-0.2, 0) is 78.9 Å². The van der Waals surface area contributed by atoms with Gasteiger partial charge in [-0.3, -0.25) is 19.4 Å². The minimum absolute atomic E-state index is 0.00378. The van der Waals surface area contributed by atoms with E-state index in [9.17, 15) is 38.7 Å². The van der Waals surface area contributed by atoms with Crippen LogP contribution in [0.3, 0.4) is 0 Å². The van der Waals surface area contributed by atoms with Crippen LogP contribution in [0, 0.1) is 29.6 Å². The van der Waals surface area contributed by atoms with E-state index in [0.717, 1.165) is 52.8 Å². The highest BCUT2D eigenvalue weighted by Gasteiger charge is 2.34. The Morgan fingerprint density at radius 1 is 0.571 bits per heavy atom. The molecule has 23 heteroatoms. The number of benzene rings is 4. The minimum atomic E-state index is -1.14. The van der Waals surface area contributed by atoms with Crippen molar-refractivity contribution in [3.8, 4) is 28.7 Å². The van der Waals surface area contributed by atoms with E-state index in [1.807, 2.05) is 30.3 Å². The van der Waals surface area contributed by atoms with Gasteiger partial charge in [0.15, 0.2) is 18.5 Å². The summed E-state index contributed by atoms with van der Waals surface area (Å²) in [7, 11) is 0. The molecule has 1 N–H and O–H groups in total. The third-order valence-corrected chi connectivity index (χ3v) is 17.7. The monoisotopic (exact) mass is 1370 g/mol. The third kappa shape index (κ3) is 26.5. The Labute approximate surface area is 577 Å². The number of nitrogens with zero attached hydrogens (tertiary/aromatic N) is 2. The quantitative estimate of drug-likeness (QED) is 0.00821. The molecule has 22 nitrogen and oxygen atoms in total. The Bertz CT molecular complexity index is 3340. The molecule has 2 aliphatic carbocycles. The molecule has 1 aliphatic heterocycles. The van der Waals surface area contributed by atoms with Gasteiger partial charge in [-0.2, -0.15) is 0 Å². The zero-order chi connectivity index (χ0) is 69.9. The number of aliphatic imine (C=N–C) groups is 2. The van der Waals surface area contributed by atoms with Gasteiger partial charge in [-0.05, 0) is 161 Å². The Morgan fingerprint density at radius 3 is 1.64 bits per heavy atom. The molecular formula is C75H90N2O20S. The Hall–Kier alpha value is -8.90. The average Bonchev–Trinajstić information content (AvgIpc) is 0.857. The lowest BCUT2D eigenvalue weighted by atomic mass is 9.81. The molecule has 4 aromatic rings. The molecule has 98 heavy (non-hydrogen) atoms. The summed E-state index contributed by atoms with van der Waals surface area (Å²) >= 11 is 1.72. The first-order valence-corrected chi connectivity index (χ1v) is 34.3. The summed E-state index contributed by atoms with van der Waals surface area (Å²) in [5.41, 5.74) is 3.60. The van der Waals surface area contributed by atoms with Crippen LogP contribution in [0.25, 0.3) is 0 Å². The lowest BCUT2D eigenvalue weighted by Gasteiger charge is -2.30. The molecular weight excluding hydrogens is 1280 g/mol. The smallest absolute Gasteiger partial charge is 0.330 e. The first-order valence-electron chi connectivity index (χ1n) is 33.4. The molecule has 4 atom stereocenters. The third-order valence-electron chi connectivity index (χ3n) is 16.5. The summed E-state index contributed by atoms with van der Waals surface area (Å²) in [6.07, 6.45) is 10.8. The topological polar surface area (TPSA) is 275 Å². The predicted octanol–water partition coefficient (Wildman–Crippen LogP) is 11.7. The normalized spacial score (nSPS) is 17.7. The van der Waals surface area contributed by atoms with Crippen molar-refractivity contribution in [1.82, 2.24) is 0 Å². The Balaban J connectivity index is 0.861. The van der Waals surface area contributed by atoms with Crippen molar-refractivity contribution < 1.29 is 95.5 Å². The summed E-state index contributed by atoms with van der Waals surface area (Å²) in [5, 5.41) is 12.2. The van der Waals surface area contributed by atoms with Gasteiger partial charge in [0, 0.05) is 79.9 Å². The molecule has 0 aromatic heterocycles. The number of fused-ring (bicyclic) bond motifs is 1. The molecule has 7 rings (SSSR count). The Kier molecular flexibility index (Phi) is 32.8. The molecule has 0 amide bonds. The summed E-state index contributed by atoms with van der Waals surface area (Å²) in [6, 6.07) is 26.8. The fraction of sp³-hybridized carbons (Fsp3) is 0.453. The van der Waals surface area contributed by atoms with E-state index in [0.29, 0.717) is 138 Å². The second-order valence-electron chi connectivity index (χ2n) is 23.7. The molecule has 2 fully saturated rings. The minimum Gasteiger partial charge on any atom is -0.490 e.